The van der Waals surface area contributed by atoms with Crippen LogP contribution in [-0.4, -0.2) is 43.8 Å². The monoisotopic (exact) mass is 438 g/mol. The summed E-state index contributed by atoms with van der Waals surface area (Å²) in [6.45, 7) is 7.38. The van der Waals surface area contributed by atoms with Crippen LogP contribution in [0.25, 0.3) is 11.1 Å². The van der Waals surface area contributed by atoms with E-state index >= 15 is 0 Å². The summed E-state index contributed by atoms with van der Waals surface area (Å²) in [5.41, 5.74) is 3.37. The summed E-state index contributed by atoms with van der Waals surface area (Å²) >= 11 is 0. The van der Waals surface area contributed by atoms with Crippen LogP contribution in [0.15, 0.2) is 36.4 Å². The number of carbonyl (C=O) groups excluding carboxylic acids is 1. The molecule has 1 N–H and O–H groups in total. The largest absolute Gasteiger partial charge is 0.494 e. The fourth-order valence-corrected chi connectivity index (χ4v) is 5.72. The number of benzene rings is 2. The summed E-state index contributed by atoms with van der Waals surface area (Å²) < 4.78 is 25.8. The lowest BCUT2D eigenvalue weighted by Gasteiger charge is -2.44. The Balaban J connectivity index is 1.35. The van der Waals surface area contributed by atoms with Crippen LogP contribution in [0.4, 0.5) is 9.18 Å². The third kappa shape index (κ3) is 3.75. The molecule has 2 atom stereocenters. The molecule has 3 heterocycles. The highest BCUT2D eigenvalue weighted by Crippen LogP contribution is 2.46. The van der Waals surface area contributed by atoms with Crippen LogP contribution in [0.2, 0.25) is 0 Å². The highest BCUT2D eigenvalue weighted by atomic mass is 19.1. The number of ether oxygens (including phenoxy) is 2. The van der Waals surface area contributed by atoms with Crippen molar-refractivity contribution in [2.24, 2.45) is 11.3 Å². The highest BCUT2D eigenvalue weighted by molar-refractivity contribution is 5.71. The molecule has 4 aliphatic rings. The number of rotatable bonds is 4. The molecule has 2 aromatic rings. The smallest absolute Gasteiger partial charge is 0.407 e. The maximum absolute atomic E-state index is 14.8. The van der Waals surface area contributed by atoms with Crippen molar-refractivity contribution in [1.29, 1.82) is 0 Å². The van der Waals surface area contributed by atoms with Crippen molar-refractivity contribution in [1.82, 2.24) is 10.2 Å². The van der Waals surface area contributed by atoms with Crippen molar-refractivity contribution in [2.45, 2.75) is 45.3 Å². The number of methoxy groups -OCH3 is 1. The first-order valence-corrected chi connectivity index (χ1v) is 11.5. The first kappa shape index (κ1) is 21.3. The minimum Gasteiger partial charge on any atom is -0.494 e. The van der Waals surface area contributed by atoms with Gasteiger partial charge in [0.2, 0.25) is 0 Å². The number of hydrogen-bond donors (Lipinski definition) is 1. The number of halogens is 1. The number of hydrogen-bond acceptors (Lipinski definition) is 4. The summed E-state index contributed by atoms with van der Waals surface area (Å²) in [6.07, 6.45) is 2.67. The molecule has 0 radical (unpaired) electrons. The van der Waals surface area contributed by atoms with Crippen LogP contribution >= 0.6 is 0 Å². The van der Waals surface area contributed by atoms with E-state index < -0.39 is 0 Å². The van der Waals surface area contributed by atoms with E-state index in [-0.39, 0.29) is 35.2 Å². The molecular weight excluding hydrogens is 407 g/mol. The van der Waals surface area contributed by atoms with E-state index in [0.717, 1.165) is 55.6 Å². The molecule has 1 aliphatic carbocycles. The molecule has 2 bridgehead atoms. The topological polar surface area (TPSA) is 50.8 Å². The normalized spacial score (nSPS) is 27.6. The zero-order valence-electron chi connectivity index (χ0n) is 19.0. The van der Waals surface area contributed by atoms with Gasteiger partial charge in [-0.2, -0.15) is 0 Å². The van der Waals surface area contributed by atoms with Gasteiger partial charge < -0.3 is 14.8 Å². The first-order valence-electron chi connectivity index (χ1n) is 11.5. The average molecular weight is 439 g/mol. The summed E-state index contributed by atoms with van der Waals surface area (Å²) in [7, 11) is 1.47. The molecule has 3 fully saturated rings. The maximum Gasteiger partial charge on any atom is 0.407 e. The fourth-order valence-electron chi connectivity index (χ4n) is 5.72. The minimum atomic E-state index is -0.358. The predicted molar refractivity (Wildman–Crippen MR) is 121 cm³/mol. The second-order valence-electron chi connectivity index (χ2n) is 10.1. The number of amides is 1. The van der Waals surface area contributed by atoms with E-state index in [1.807, 2.05) is 18.2 Å². The van der Waals surface area contributed by atoms with Crippen LogP contribution in [0, 0.1) is 17.2 Å². The van der Waals surface area contributed by atoms with Crippen LogP contribution in [-0.2, 0) is 11.2 Å². The summed E-state index contributed by atoms with van der Waals surface area (Å²) in [4.78, 5) is 15.2. The molecule has 3 saturated heterocycles. The van der Waals surface area contributed by atoms with Crippen LogP contribution < -0.4 is 10.1 Å². The van der Waals surface area contributed by atoms with Gasteiger partial charge in [0.25, 0.3) is 0 Å². The van der Waals surface area contributed by atoms with Crippen LogP contribution in [0.1, 0.15) is 43.9 Å². The van der Waals surface area contributed by atoms with Crippen molar-refractivity contribution < 1.29 is 18.7 Å². The number of fused-ring (bicyclic) bond motifs is 4. The number of nitrogens with zero attached hydrogens (tertiary/aromatic N) is 1. The lowest BCUT2D eigenvalue weighted by molar-refractivity contribution is -0.0348. The molecule has 2 aromatic carbocycles. The molecule has 5 nitrogen and oxygen atoms in total. The standard InChI is InChI=1S/C26H31FN2O3/c1-26(2)14-18-13-17(19-5-4-6-21(31-3)23(19)27)7-8-20(18)24(26)28-25(30)32-22-15-29-11-9-16(22)10-12-29/h4-8,13,16,22,24H,9-12,14-15H2,1-3H3,(H,28,30)/t22-,24?/m0/s1. The zero-order chi connectivity index (χ0) is 22.5. The van der Waals surface area contributed by atoms with E-state index in [1.54, 1.807) is 18.2 Å². The SMILES string of the molecule is COc1cccc(-c2ccc3c(c2)CC(C)(C)C3NC(=O)O[C@H]2CN3CCC2CC3)c1F. The van der Waals surface area contributed by atoms with Crippen LogP contribution in [0.3, 0.4) is 0 Å². The van der Waals surface area contributed by atoms with Gasteiger partial charge in [-0.1, -0.05) is 44.2 Å². The quantitative estimate of drug-likeness (QED) is 0.734. The molecule has 0 saturated carbocycles. The first-order chi connectivity index (χ1) is 15.4. The fraction of sp³-hybridized carbons (Fsp3) is 0.500. The van der Waals surface area contributed by atoms with E-state index in [9.17, 15) is 9.18 Å². The molecular formula is C26H31FN2O3. The van der Waals surface area contributed by atoms with Crippen LogP contribution in [0.5, 0.6) is 5.75 Å². The van der Waals surface area contributed by atoms with E-state index in [4.69, 9.17) is 9.47 Å². The van der Waals surface area contributed by atoms with Gasteiger partial charge in [-0.3, -0.25) is 4.90 Å². The Hall–Kier alpha value is -2.60. The Morgan fingerprint density at radius 3 is 2.66 bits per heavy atom. The lowest BCUT2D eigenvalue weighted by Crippen LogP contribution is -2.53. The molecule has 0 aromatic heterocycles. The number of carbonyl (C=O) groups is 1. The molecule has 3 aliphatic heterocycles. The average Bonchev–Trinajstić information content (AvgIpc) is 3.03. The highest BCUT2D eigenvalue weighted by Gasteiger charge is 2.42. The van der Waals surface area contributed by atoms with Gasteiger partial charge >= 0.3 is 6.09 Å². The van der Waals surface area contributed by atoms with Gasteiger partial charge in [-0.15, -0.1) is 0 Å². The number of nitrogens with one attached hydrogen (secondary N) is 1. The van der Waals surface area contributed by atoms with E-state index in [1.165, 1.54) is 7.11 Å². The van der Waals surface area contributed by atoms with Crippen molar-refractivity contribution in [3.63, 3.8) is 0 Å². The second kappa shape index (κ2) is 8.07. The van der Waals surface area contributed by atoms with Gasteiger partial charge in [-0.05, 0) is 66.4 Å². The second-order valence-corrected chi connectivity index (χ2v) is 10.1. The van der Waals surface area contributed by atoms with Crippen molar-refractivity contribution >= 4 is 6.09 Å². The molecule has 1 unspecified atom stereocenters. The summed E-state index contributed by atoms with van der Waals surface area (Å²) in [6, 6.07) is 11.0. The molecule has 170 valence electrons. The number of piperidine rings is 3. The zero-order valence-corrected chi connectivity index (χ0v) is 19.0. The molecule has 1 amide bonds. The third-order valence-electron chi connectivity index (χ3n) is 7.49. The van der Waals surface area contributed by atoms with Gasteiger partial charge in [0.1, 0.15) is 6.10 Å². The number of alkyl carbamates (subject to hydrolysis) is 1. The lowest BCUT2D eigenvalue weighted by atomic mass is 9.85. The van der Waals surface area contributed by atoms with Gasteiger partial charge in [0, 0.05) is 12.1 Å². The van der Waals surface area contributed by atoms with E-state index in [2.05, 4.69) is 24.1 Å². The summed E-state index contributed by atoms with van der Waals surface area (Å²) in [5.74, 6) is 0.358. The van der Waals surface area contributed by atoms with Crippen molar-refractivity contribution in [3.05, 3.63) is 53.3 Å². The minimum absolute atomic E-state index is 0.0140. The van der Waals surface area contributed by atoms with Gasteiger partial charge in [-0.25, -0.2) is 9.18 Å². The Bertz CT molecular complexity index is 1030. The Morgan fingerprint density at radius 2 is 1.97 bits per heavy atom. The molecule has 0 spiro atoms. The summed E-state index contributed by atoms with van der Waals surface area (Å²) in [5, 5.41) is 3.15. The molecule has 6 heteroatoms. The van der Waals surface area contributed by atoms with E-state index in [0.29, 0.717) is 11.5 Å². The van der Waals surface area contributed by atoms with Gasteiger partial charge in [0.15, 0.2) is 11.6 Å². The predicted octanol–water partition coefficient (Wildman–Crippen LogP) is 4.95. The van der Waals surface area contributed by atoms with Crippen molar-refractivity contribution in [3.8, 4) is 16.9 Å². The Morgan fingerprint density at radius 1 is 1.19 bits per heavy atom. The Labute approximate surface area is 188 Å². The molecule has 32 heavy (non-hydrogen) atoms. The Kier molecular flexibility index (Phi) is 5.36. The molecule has 6 rings (SSSR count). The maximum atomic E-state index is 14.8. The van der Waals surface area contributed by atoms with Crippen molar-refractivity contribution in [2.75, 3.05) is 26.7 Å². The van der Waals surface area contributed by atoms with Gasteiger partial charge in [0.05, 0.1) is 13.2 Å². The third-order valence-corrected chi connectivity index (χ3v) is 7.49.